The molecule has 0 bridgehead atoms. The Morgan fingerprint density at radius 1 is 1.33 bits per heavy atom. The van der Waals surface area contributed by atoms with Crippen molar-refractivity contribution in [2.45, 2.75) is 64.3 Å². The first-order chi connectivity index (χ1) is 15.5. The second-order valence-electron chi connectivity index (χ2n) is 9.02. The zero-order valence-electron chi connectivity index (χ0n) is 19.5. The van der Waals surface area contributed by atoms with Gasteiger partial charge in [0, 0.05) is 30.7 Å². The zero-order valence-corrected chi connectivity index (χ0v) is 19.5. The highest BCUT2D eigenvalue weighted by atomic mass is 19.1. The summed E-state index contributed by atoms with van der Waals surface area (Å²) in [5, 5.41) is 6.40. The summed E-state index contributed by atoms with van der Waals surface area (Å²) in [5.41, 5.74) is 7.99. The molecule has 1 heterocycles. The first kappa shape index (κ1) is 26.3. The third kappa shape index (κ3) is 7.03. The van der Waals surface area contributed by atoms with Crippen molar-refractivity contribution < 1.29 is 27.8 Å². The number of hydrogen-bond donors (Lipinski definition) is 1. The lowest BCUT2D eigenvalue weighted by Gasteiger charge is -2.34. The molecule has 1 aromatic rings. The van der Waals surface area contributed by atoms with Crippen molar-refractivity contribution in [1.29, 1.82) is 0 Å². The normalized spacial score (nSPS) is 20.0. The maximum Gasteiger partial charge on any atom is 0.410 e. The minimum Gasteiger partial charge on any atom is -0.444 e. The van der Waals surface area contributed by atoms with Gasteiger partial charge in [0.1, 0.15) is 17.2 Å². The Balaban J connectivity index is 2.09. The number of benzene rings is 1. The van der Waals surface area contributed by atoms with Gasteiger partial charge in [-0.1, -0.05) is 18.1 Å². The first-order valence-electron chi connectivity index (χ1n) is 10.8. The minimum atomic E-state index is -0.730. The summed E-state index contributed by atoms with van der Waals surface area (Å²) in [6.07, 6.45) is -1.02. The lowest BCUT2D eigenvalue weighted by atomic mass is 9.94. The van der Waals surface area contributed by atoms with Gasteiger partial charge in [-0.15, -0.1) is 0 Å². The van der Waals surface area contributed by atoms with Crippen LogP contribution in [0.2, 0.25) is 0 Å². The van der Waals surface area contributed by atoms with Crippen molar-refractivity contribution in [3.63, 3.8) is 0 Å². The van der Waals surface area contributed by atoms with Crippen LogP contribution in [-0.2, 0) is 20.7 Å². The molecule has 1 fully saturated rings. The van der Waals surface area contributed by atoms with Gasteiger partial charge in [-0.3, -0.25) is 4.79 Å². The molecule has 0 spiro atoms. The first-order valence-corrected chi connectivity index (χ1v) is 10.8. The Labute approximate surface area is 192 Å². The topological polar surface area (TPSA) is 117 Å². The zero-order chi connectivity index (χ0) is 24.8. The summed E-state index contributed by atoms with van der Waals surface area (Å²) >= 11 is 0. The molecule has 9 nitrogen and oxygen atoms in total. The molecule has 0 saturated carbocycles. The molecule has 2 unspecified atom stereocenters. The molecule has 0 aromatic heterocycles. The average molecular weight is 468 g/mol. The molecule has 1 aliphatic heterocycles. The molecule has 0 aliphatic carbocycles. The number of amides is 2. The van der Waals surface area contributed by atoms with Crippen LogP contribution in [0, 0.1) is 17.6 Å². The molecule has 2 amide bonds. The van der Waals surface area contributed by atoms with Crippen molar-refractivity contribution in [3.8, 4) is 0 Å². The third-order valence-corrected chi connectivity index (χ3v) is 5.46. The number of carbonyl (C=O) groups excluding carboxylic acids is 2. The molecule has 0 radical (unpaired) electrons. The number of nitrogens with one attached hydrogen (secondary N) is 1. The maximum absolute atomic E-state index is 13.8. The predicted molar refractivity (Wildman–Crippen MR) is 117 cm³/mol. The highest BCUT2D eigenvalue weighted by molar-refractivity contribution is 5.79. The fourth-order valence-corrected chi connectivity index (χ4v) is 3.93. The number of azide groups is 1. The SMILES string of the molecule is CO[C@@H](C1CC(N=[N+]=[N-])CN1C(=O)OC(C)(C)C)[C@@H](C)C(=O)NCCc1c(F)cccc1F. The van der Waals surface area contributed by atoms with Gasteiger partial charge in [-0.25, -0.2) is 13.6 Å². The van der Waals surface area contributed by atoms with Crippen molar-refractivity contribution >= 4 is 12.0 Å². The molecular formula is C22H31F2N5O4. The molecule has 182 valence electrons. The van der Waals surface area contributed by atoms with E-state index in [-0.39, 0.29) is 25.1 Å². The predicted octanol–water partition coefficient (Wildman–Crippen LogP) is 3.96. The van der Waals surface area contributed by atoms with E-state index in [9.17, 15) is 18.4 Å². The summed E-state index contributed by atoms with van der Waals surface area (Å²) in [5.74, 6) is -2.44. The average Bonchev–Trinajstić information content (AvgIpc) is 3.13. The van der Waals surface area contributed by atoms with Gasteiger partial charge < -0.3 is 19.7 Å². The van der Waals surface area contributed by atoms with Crippen LogP contribution >= 0.6 is 0 Å². The van der Waals surface area contributed by atoms with Crippen LogP contribution in [0.5, 0.6) is 0 Å². The fourth-order valence-electron chi connectivity index (χ4n) is 3.93. The van der Waals surface area contributed by atoms with Crippen LogP contribution in [0.4, 0.5) is 13.6 Å². The van der Waals surface area contributed by atoms with Crippen molar-refractivity contribution in [1.82, 2.24) is 10.2 Å². The van der Waals surface area contributed by atoms with Gasteiger partial charge in [0.15, 0.2) is 0 Å². The van der Waals surface area contributed by atoms with E-state index in [0.29, 0.717) is 6.42 Å². The molecule has 4 atom stereocenters. The van der Waals surface area contributed by atoms with Crippen LogP contribution in [0.25, 0.3) is 10.4 Å². The van der Waals surface area contributed by atoms with Crippen LogP contribution in [0.15, 0.2) is 23.3 Å². The Morgan fingerprint density at radius 2 is 1.97 bits per heavy atom. The van der Waals surface area contributed by atoms with Crippen LogP contribution in [0.1, 0.15) is 39.7 Å². The smallest absolute Gasteiger partial charge is 0.410 e. The summed E-state index contributed by atoms with van der Waals surface area (Å²) in [7, 11) is 1.43. The van der Waals surface area contributed by atoms with E-state index in [1.54, 1.807) is 27.7 Å². The van der Waals surface area contributed by atoms with Crippen LogP contribution in [0.3, 0.4) is 0 Å². The second kappa shape index (κ2) is 11.3. The molecule has 1 N–H and O–H groups in total. The van der Waals surface area contributed by atoms with Crippen molar-refractivity contribution in [2.24, 2.45) is 11.0 Å². The number of halogens is 2. The monoisotopic (exact) mass is 467 g/mol. The summed E-state index contributed by atoms with van der Waals surface area (Å²) in [6.45, 7) is 7.03. The lowest BCUT2D eigenvalue weighted by molar-refractivity contribution is -0.130. The van der Waals surface area contributed by atoms with E-state index in [2.05, 4.69) is 15.3 Å². The molecule has 1 saturated heterocycles. The van der Waals surface area contributed by atoms with Gasteiger partial charge in [-0.05, 0) is 51.3 Å². The van der Waals surface area contributed by atoms with Gasteiger partial charge in [0.2, 0.25) is 5.91 Å². The molecule has 2 rings (SSSR count). The van der Waals surface area contributed by atoms with Gasteiger partial charge in [0.05, 0.1) is 24.1 Å². The Hall–Kier alpha value is -2.91. The quantitative estimate of drug-likeness (QED) is 0.354. The van der Waals surface area contributed by atoms with Crippen LogP contribution in [-0.4, -0.2) is 60.9 Å². The second-order valence-corrected chi connectivity index (χ2v) is 9.02. The third-order valence-electron chi connectivity index (χ3n) is 5.46. The molecule has 11 heteroatoms. The van der Waals surface area contributed by atoms with E-state index in [0.717, 1.165) is 12.1 Å². The van der Waals surface area contributed by atoms with Crippen molar-refractivity contribution in [2.75, 3.05) is 20.2 Å². The van der Waals surface area contributed by atoms with Crippen LogP contribution < -0.4 is 5.32 Å². The summed E-state index contributed by atoms with van der Waals surface area (Å²) < 4.78 is 38.7. The lowest BCUT2D eigenvalue weighted by Crippen LogP contribution is -2.50. The number of methoxy groups -OCH3 is 1. The number of ether oxygens (including phenoxy) is 2. The summed E-state index contributed by atoms with van der Waals surface area (Å²) in [4.78, 5) is 29.8. The molecule has 1 aliphatic rings. The van der Waals surface area contributed by atoms with E-state index >= 15 is 0 Å². The standard InChI is InChI=1S/C22H31F2N5O4/c1-13(20(30)26-10-9-15-16(23)7-6-8-17(15)24)19(32-5)18-11-14(27-28-25)12-29(18)21(31)33-22(2,3)4/h6-8,13-14,18-19H,9-12H2,1-5H3,(H,26,30)/t13-,14?,18?,19-/m1/s1. The molecule has 1 aromatic carbocycles. The number of rotatable bonds is 8. The summed E-state index contributed by atoms with van der Waals surface area (Å²) in [6, 6.07) is 2.55. The van der Waals surface area contributed by atoms with E-state index in [1.165, 1.54) is 18.1 Å². The number of likely N-dealkylation sites (tertiary alicyclic amines) is 1. The van der Waals surface area contributed by atoms with Gasteiger partial charge in [0.25, 0.3) is 0 Å². The van der Waals surface area contributed by atoms with E-state index < -0.39 is 53.3 Å². The minimum absolute atomic E-state index is 0.0129. The van der Waals surface area contributed by atoms with Crippen molar-refractivity contribution in [3.05, 3.63) is 45.8 Å². The van der Waals surface area contributed by atoms with E-state index in [4.69, 9.17) is 15.0 Å². The maximum atomic E-state index is 13.8. The molecular weight excluding hydrogens is 436 g/mol. The highest BCUT2D eigenvalue weighted by Crippen LogP contribution is 2.30. The van der Waals surface area contributed by atoms with Gasteiger partial charge in [-0.2, -0.15) is 0 Å². The Bertz CT molecular complexity index is 881. The Morgan fingerprint density at radius 3 is 2.52 bits per heavy atom. The molecule has 33 heavy (non-hydrogen) atoms. The van der Waals surface area contributed by atoms with E-state index in [1.807, 2.05) is 0 Å². The largest absolute Gasteiger partial charge is 0.444 e. The van der Waals surface area contributed by atoms with Gasteiger partial charge >= 0.3 is 6.09 Å². The number of hydrogen-bond acceptors (Lipinski definition) is 5. The number of nitrogens with zero attached hydrogens (tertiary/aromatic N) is 4. The Kier molecular flexibility index (Phi) is 9.01. The highest BCUT2D eigenvalue weighted by Gasteiger charge is 2.44. The number of carbonyl (C=O) groups is 2. The fraction of sp³-hybridized carbons (Fsp3) is 0.636.